The Hall–Kier alpha value is -0.520. The van der Waals surface area contributed by atoms with Crippen molar-refractivity contribution < 1.29 is 31.9 Å². The third kappa shape index (κ3) is 2.29. The fraction of sp³-hybridized carbons (Fsp3) is 0.833. The molecule has 0 atom stereocenters. The Balaban J connectivity index is 4.92. The first kappa shape index (κ1) is 13.5. The van der Waals surface area contributed by atoms with E-state index in [0.717, 1.165) is 14.2 Å². The molecule has 5 nitrogen and oxygen atoms in total. The van der Waals surface area contributed by atoms with Crippen molar-refractivity contribution in [1.29, 1.82) is 0 Å². The number of hydrogen-bond donors (Lipinski definition) is 0. The summed E-state index contributed by atoms with van der Waals surface area (Å²) in [4.78, 5) is 10.7. The molecule has 14 heavy (non-hydrogen) atoms. The van der Waals surface area contributed by atoms with E-state index in [1.165, 1.54) is 6.92 Å². The number of hydrogen-bond acceptors (Lipinski definition) is 5. The average Bonchev–Trinajstić information content (AvgIpc) is 2.16. The second-order valence-corrected chi connectivity index (χ2v) is 4.41. The van der Waals surface area contributed by atoms with Crippen LogP contribution in [-0.2, 0) is 23.1 Å². The number of halogens is 2. The lowest BCUT2D eigenvalue weighted by molar-refractivity contribution is -0.162. The Morgan fingerprint density at radius 1 is 1.36 bits per heavy atom. The Morgan fingerprint density at radius 2 is 1.79 bits per heavy atom. The van der Waals surface area contributed by atoms with Crippen LogP contribution in [-0.4, -0.2) is 32.5 Å². The van der Waals surface area contributed by atoms with Crippen molar-refractivity contribution in [1.82, 2.24) is 0 Å². The topological polar surface area (TPSA) is 61.8 Å². The summed E-state index contributed by atoms with van der Waals surface area (Å²) in [7, 11) is -3.26. The minimum Gasteiger partial charge on any atom is -0.461 e. The molecule has 0 amide bonds. The second-order valence-electron chi connectivity index (χ2n) is 2.12. The second kappa shape index (κ2) is 4.82. The van der Waals surface area contributed by atoms with Crippen molar-refractivity contribution in [3.8, 4) is 0 Å². The first-order valence-corrected chi connectivity index (χ1v) is 5.16. The predicted molar refractivity (Wildman–Crippen MR) is 43.2 cm³/mol. The van der Waals surface area contributed by atoms with Crippen LogP contribution in [0.3, 0.4) is 0 Å². The van der Waals surface area contributed by atoms with Crippen LogP contribution in [0.15, 0.2) is 0 Å². The van der Waals surface area contributed by atoms with Crippen molar-refractivity contribution in [2.24, 2.45) is 0 Å². The van der Waals surface area contributed by atoms with Crippen LogP contribution in [0.5, 0.6) is 0 Å². The molecule has 0 aliphatic carbocycles. The summed E-state index contributed by atoms with van der Waals surface area (Å²) < 4.78 is 49.4. The molecule has 0 aromatic heterocycles. The molecule has 84 valence electrons. The maximum Gasteiger partial charge on any atom is 0.440 e. The van der Waals surface area contributed by atoms with Crippen molar-refractivity contribution in [2.75, 3.05) is 20.8 Å². The number of esters is 1. The van der Waals surface area contributed by atoms with Gasteiger partial charge >= 0.3 is 19.2 Å². The molecule has 0 aromatic rings. The fourth-order valence-corrected chi connectivity index (χ4v) is 1.53. The Bertz CT molecular complexity index is 247. The highest BCUT2D eigenvalue weighted by molar-refractivity contribution is 7.56. The first-order chi connectivity index (χ1) is 6.35. The van der Waals surface area contributed by atoms with E-state index in [1.54, 1.807) is 0 Å². The lowest BCUT2D eigenvalue weighted by Crippen LogP contribution is -2.31. The third-order valence-corrected chi connectivity index (χ3v) is 3.18. The maximum atomic E-state index is 13.1. The zero-order valence-corrected chi connectivity index (χ0v) is 8.85. The van der Waals surface area contributed by atoms with E-state index in [0.29, 0.717) is 0 Å². The van der Waals surface area contributed by atoms with Crippen molar-refractivity contribution in [3.05, 3.63) is 0 Å². The molecule has 0 unspecified atom stereocenters. The normalized spacial score (nSPS) is 12.6. The SMILES string of the molecule is CCOC(=O)C(F)(F)P(=O)(OC)OC. The fourth-order valence-electron chi connectivity index (χ4n) is 0.634. The smallest absolute Gasteiger partial charge is 0.440 e. The van der Waals surface area contributed by atoms with E-state index in [2.05, 4.69) is 13.8 Å². The van der Waals surface area contributed by atoms with E-state index in [1.807, 2.05) is 0 Å². The van der Waals surface area contributed by atoms with E-state index in [9.17, 15) is 18.1 Å². The van der Waals surface area contributed by atoms with Gasteiger partial charge in [-0.15, -0.1) is 0 Å². The number of alkyl halides is 2. The Kier molecular flexibility index (Phi) is 4.64. The molecule has 0 fully saturated rings. The van der Waals surface area contributed by atoms with Gasteiger partial charge in [-0.25, -0.2) is 4.79 Å². The third-order valence-electron chi connectivity index (χ3n) is 1.35. The van der Waals surface area contributed by atoms with Gasteiger partial charge in [0.1, 0.15) is 0 Å². The first-order valence-electron chi connectivity index (χ1n) is 3.62. The molecule has 0 rings (SSSR count). The van der Waals surface area contributed by atoms with Crippen LogP contribution in [0.2, 0.25) is 0 Å². The molecule has 0 radical (unpaired) electrons. The molecule has 0 saturated carbocycles. The molecule has 0 aromatic carbocycles. The van der Waals surface area contributed by atoms with Crippen molar-refractivity contribution in [2.45, 2.75) is 12.6 Å². The number of carbonyl (C=O) groups excluding carboxylic acids is 1. The molecule has 0 N–H and O–H groups in total. The van der Waals surface area contributed by atoms with Gasteiger partial charge in [-0.3, -0.25) is 4.57 Å². The molecular formula is C6H11F2O5P. The summed E-state index contributed by atoms with van der Waals surface area (Å²) >= 11 is 0. The highest BCUT2D eigenvalue weighted by Gasteiger charge is 2.60. The van der Waals surface area contributed by atoms with Gasteiger partial charge in [0.05, 0.1) is 6.61 Å². The zero-order valence-electron chi connectivity index (χ0n) is 7.95. The van der Waals surface area contributed by atoms with Gasteiger partial charge in [-0.2, -0.15) is 8.78 Å². The monoisotopic (exact) mass is 232 g/mol. The highest BCUT2D eigenvalue weighted by atomic mass is 31.2. The summed E-state index contributed by atoms with van der Waals surface area (Å²) in [5, 5.41) is 0. The van der Waals surface area contributed by atoms with Crippen LogP contribution in [0.1, 0.15) is 6.92 Å². The van der Waals surface area contributed by atoms with Gasteiger partial charge < -0.3 is 13.8 Å². The van der Waals surface area contributed by atoms with Crippen LogP contribution in [0, 0.1) is 0 Å². The van der Waals surface area contributed by atoms with Crippen LogP contribution in [0.4, 0.5) is 8.78 Å². The largest absolute Gasteiger partial charge is 0.461 e. The van der Waals surface area contributed by atoms with Crippen LogP contribution < -0.4 is 0 Å². The Morgan fingerprint density at radius 3 is 2.07 bits per heavy atom. The quantitative estimate of drug-likeness (QED) is 0.532. The maximum absolute atomic E-state index is 13.1. The minimum atomic E-state index is -4.78. The molecule has 8 heteroatoms. The predicted octanol–water partition coefficient (Wildman–Crippen LogP) is 1.63. The lowest BCUT2D eigenvalue weighted by atomic mass is 10.7. The summed E-state index contributed by atoms with van der Waals surface area (Å²) in [6, 6.07) is 0. The Labute approximate surface area is 79.9 Å². The number of carbonyl (C=O) groups is 1. The van der Waals surface area contributed by atoms with Gasteiger partial charge in [0.2, 0.25) is 0 Å². The molecule has 0 aliphatic rings. The summed E-state index contributed by atoms with van der Waals surface area (Å²) in [5.74, 6) is -1.92. The standard InChI is InChI=1S/C6H11F2O5P/c1-4-13-5(9)6(7,8)14(10,11-2)12-3/h4H2,1-3H3. The van der Waals surface area contributed by atoms with Crippen LogP contribution >= 0.6 is 7.60 Å². The van der Waals surface area contributed by atoms with Gasteiger partial charge in [-0.1, -0.05) is 0 Å². The molecule has 0 bridgehead atoms. The van der Waals surface area contributed by atoms with E-state index < -0.39 is 19.2 Å². The van der Waals surface area contributed by atoms with E-state index in [4.69, 9.17) is 0 Å². The van der Waals surface area contributed by atoms with Gasteiger partial charge in [0.25, 0.3) is 0 Å². The summed E-state index contributed by atoms with van der Waals surface area (Å²) in [6.45, 7) is 1.10. The molecular weight excluding hydrogens is 221 g/mol. The molecule has 0 aliphatic heterocycles. The van der Waals surface area contributed by atoms with Crippen molar-refractivity contribution >= 4 is 13.6 Å². The van der Waals surface area contributed by atoms with Gasteiger partial charge in [0, 0.05) is 14.2 Å². The number of ether oxygens (including phenoxy) is 1. The van der Waals surface area contributed by atoms with E-state index in [-0.39, 0.29) is 6.61 Å². The zero-order chi connectivity index (χ0) is 11.4. The van der Waals surface area contributed by atoms with Gasteiger partial charge in [0.15, 0.2) is 0 Å². The minimum absolute atomic E-state index is 0.248. The lowest BCUT2D eigenvalue weighted by Gasteiger charge is -2.21. The van der Waals surface area contributed by atoms with Crippen molar-refractivity contribution in [3.63, 3.8) is 0 Å². The average molecular weight is 232 g/mol. The number of rotatable bonds is 5. The molecule has 0 saturated heterocycles. The van der Waals surface area contributed by atoms with Gasteiger partial charge in [-0.05, 0) is 6.92 Å². The summed E-state index contributed by atoms with van der Waals surface area (Å²) in [6.07, 6.45) is 0. The van der Waals surface area contributed by atoms with Crippen LogP contribution in [0.25, 0.3) is 0 Å². The molecule has 0 heterocycles. The molecule has 0 spiro atoms. The summed E-state index contributed by atoms with van der Waals surface area (Å²) in [5.41, 5.74) is -4.29. The van der Waals surface area contributed by atoms with E-state index >= 15 is 0 Å². The highest BCUT2D eigenvalue weighted by Crippen LogP contribution is 2.61.